The standard InChI is InChI=1S/C24H16Cl2N2O3S/c1-32-16-6-2-13(3-7-16)22-17-8-5-15(11-21(17)31-23(28)18(22)12-27)30-24(29)14-4-9-19(25)20(26)10-14/h2-11,22H,28H2,1H3. The summed E-state index contributed by atoms with van der Waals surface area (Å²) < 4.78 is 11.2. The van der Waals surface area contributed by atoms with E-state index in [2.05, 4.69) is 6.07 Å². The lowest BCUT2D eigenvalue weighted by atomic mass is 9.83. The molecule has 0 radical (unpaired) electrons. The molecule has 0 amide bonds. The van der Waals surface area contributed by atoms with Crippen LogP contribution in [0.1, 0.15) is 27.4 Å². The highest BCUT2D eigenvalue weighted by Gasteiger charge is 2.31. The number of allylic oxidation sites excluding steroid dienone is 1. The second-order valence-corrected chi connectivity index (χ2v) is 8.61. The number of rotatable bonds is 4. The van der Waals surface area contributed by atoms with Crippen molar-refractivity contribution in [3.8, 4) is 17.6 Å². The molecule has 0 bridgehead atoms. The molecule has 0 spiro atoms. The molecule has 3 aromatic rings. The van der Waals surface area contributed by atoms with E-state index in [-0.39, 0.29) is 28.1 Å². The highest BCUT2D eigenvalue weighted by atomic mass is 35.5. The Hall–Kier alpha value is -3.11. The van der Waals surface area contributed by atoms with Crippen molar-refractivity contribution in [2.24, 2.45) is 5.73 Å². The van der Waals surface area contributed by atoms with Crippen molar-refractivity contribution in [3.05, 3.63) is 98.9 Å². The van der Waals surface area contributed by atoms with Gasteiger partial charge in [-0.05, 0) is 48.2 Å². The Labute approximate surface area is 199 Å². The van der Waals surface area contributed by atoms with Crippen LogP contribution >= 0.6 is 35.0 Å². The quantitative estimate of drug-likeness (QED) is 0.272. The molecular weight excluding hydrogens is 467 g/mol. The Morgan fingerprint density at radius 3 is 2.50 bits per heavy atom. The summed E-state index contributed by atoms with van der Waals surface area (Å²) in [6, 6.07) is 19.6. The van der Waals surface area contributed by atoms with Gasteiger partial charge in [-0.3, -0.25) is 0 Å². The number of benzene rings is 3. The number of hydrogen-bond acceptors (Lipinski definition) is 6. The van der Waals surface area contributed by atoms with Crippen LogP contribution in [-0.2, 0) is 0 Å². The van der Waals surface area contributed by atoms with Crippen molar-refractivity contribution in [1.82, 2.24) is 0 Å². The van der Waals surface area contributed by atoms with Crippen LogP contribution in [-0.4, -0.2) is 12.2 Å². The molecule has 1 unspecified atom stereocenters. The molecular formula is C24H16Cl2N2O3S. The van der Waals surface area contributed by atoms with Crippen molar-refractivity contribution < 1.29 is 14.3 Å². The maximum absolute atomic E-state index is 12.5. The molecule has 0 saturated heterocycles. The molecule has 0 aliphatic carbocycles. The highest BCUT2D eigenvalue weighted by Crippen LogP contribution is 2.43. The fourth-order valence-corrected chi connectivity index (χ4v) is 4.13. The van der Waals surface area contributed by atoms with Gasteiger partial charge in [0, 0.05) is 16.5 Å². The van der Waals surface area contributed by atoms with Crippen LogP contribution in [0.25, 0.3) is 0 Å². The Bertz CT molecular complexity index is 1280. The second kappa shape index (κ2) is 9.17. The lowest BCUT2D eigenvalue weighted by Crippen LogP contribution is -2.21. The molecule has 0 fully saturated rings. The van der Waals surface area contributed by atoms with Crippen LogP contribution in [0.2, 0.25) is 10.0 Å². The van der Waals surface area contributed by atoms with Gasteiger partial charge in [-0.1, -0.05) is 41.4 Å². The zero-order valence-corrected chi connectivity index (χ0v) is 19.1. The van der Waals surface area contributed by atoms with Gasteiger partial charge in [0.1, 0.15) is 23.1 Å². The number of carbonyl (C=O) groups excluding carboxylic acids is 1. The summed E-state index contributed by atoms with van der Waals surface area (Å²) in [5.41, 5.74) is 8.31. The van der Waals surface area contributed by atoms with Crippen molar-refractivity contribution in [1.29, 1.82) is 5.26 Å². The minimum absolute atomic E-state index is 0.0203. The summed E-state index contributed by atoms with van der Waals surface area (Å²) >= 11 is 13.5. The van der Waals surface area contributed by atoms with E-state index in [1.165, 1.54) is 18.2 Å². The van der Waals surface area contributed by atoms with E-state index in [4.69, 9.17) is 38.4 Å². The van der Waals surface area contributed by atoms with E-state index in [9.17, 15) is 10.1 Å². The molecule has 1 aliphatic rings. The van der Waals surface area contributed by atoms with Gasteiger partial charge in [0.2, 0.25) is 5.88 Å². The summed E-state index contributed by atoms with van der Waals surface area (Å²) in [5.74, 6) is -0.277. The third-order valence-electron chi connectivity index (χ3n) is 5.01. The third kappa shape index (κ3) is 4.28. The van der Waals surface area contributed by atoms with Gasteiger partial charge in [-0.15, -0.1) is 11.8 Å². The Morgan fingerprint density at radius 2 is 1.84 bits per heavy atom. The number of halogens is 2. The largest absolute Gasteiger partial charge is 0.440 e. The molecule has 3 aromatic carbocycles. The molecule has 0 aromatic heterocycles. The topological polar surface area (TPSA) is 85.3 Å². The summed E-state index contributed by atoms with van der Waals surface area (Å²) in [6.07, 6.45) is 2.00. The number of fused-ring (bicyclic) bond motifs is 1. The zero-order chi connectivity index (χ0) is 22.8. The lowest BCUT2D eigenvalue weighted by molar-refractivity contribution is 0.0734. The maximum Gasteiger partial charge on any atom is 0.343 e. The van der Waals surface area contributed by atoms with Crippen LogP contribution in [0, 0.1) is 11.3 Å². The first-order valence-electron chi connectivity index (χ1n) is 9.44. The van der Waals surface area contributed by atoms with E-state index in [1.807, 2.05) is 30.5 Å². The molecule has 2 N–H and O–H groups in total. The zero-order valence-electron chi connectivity index (χ0n) is 16.8. The minimum atomic E-state index is -0.593. The smallest absolute Gasteiger partial charge is 0.343 e. The lowest BCUT2D eigenvalue weighted by Gasteiger charge is -2.26. The van der Waals surface area contributed by atoms with Gasteiger partial charge in [-0.25, -0.2) is 4.79 Å². The van der Waals surface area contributed by atoms with Gasteiger partial charge >= 0.3 is 5.97 Å². The van der Waals surface area contributed by atoms with E-state index >= 15 is 0 Å². The molecule has 32 heavy (non-hydrogen) atoms. The van der Waals surface area contributed by atoms with E-state index in [0.29, 0.717) is 16.3 Å². The highest BCUT2D eigenvalue weighted by molar-refractivity contribution is 7.98. The van der Waals surface area contributed by atoms with Crippen molar-refractivity contribution in [3.63, 3.8) is 0 Å². The predicted octanol–water partition coefficient (Wildman–Crippen LogP) is 6.15. The van der Waals surface area contributed by atoms with Crippen LogP contribution in [0.15, 0.2) is 77.0 Å². The average Bonchev–Trinajstić information content (AvgIpc) is 2.80. The van der Waals surface area contributed by atoms with Gasteiger partial charge in [-0.2, -0.15) is 5.26 Å². The van der Waals surface area contributed by atoms with Crippen molar-refractivity contribution >= 4 is 40.9 Å². The SMILES string of the molecule is CSc1ccc(C2C(C#N)=C(N)Oc3cc(OC(=O)c4ccc(Cl)c(Cl)c4)ccc32)cc1. The predicted molar refractivity (Wildman–Crippen MR) is 125 cm³/mol. The molecule has 1 aliphatic heterocycles. The minimum Gasteiger partial charge on any atom is -0.440 e. The van der Waals surface area contributed by atoms with Crippen LogP contribution in [0.3, 0.4) is 0 Å². The van der Waals surface area contributed by atoms with Gasteiger partial charge in [0.05, 0.1) is 21.5 Å². The van der Waals surface area contributed by atoms with Gasteiger partial charge in [0.25, 0.3) is 0 Å². The van der Waals surface area contributed by atoms with Crippen molar-refractivity contribution in [2.75, 3.05) is 6.26 Å². The third-order valence-corrected chi connectivity index (χ3v) is 6.49. The number of hydrogen-bond donors (Lipinski definition) is 1. The van der Waals surface area contributed by atoms with Crippen LogP contribution < -0.4 is 15.2 Å². The number of ether oxygens (including phenoxy) is 2. The molecule has 4 rings (SSSR count). The number of esters is 1. The number of carbonyl (C=O) groups is 1. The number of thioether (sulfide) groups is 1. The van der Waals surface area contributed by atoms with Crippen molar-refractivity contribution in [2.45, 2.75) is 10.8 Å². The van der Waals surface area contributed by atoms with Crippen LogP contribution in [0.5, 0.6) is 11.5 Å². The van der Waals surface area contributed by atoms with Crippen LogP contribution in [0.4, 0.5) is 0 Å². The molecule has 8 heteroatoms. The molecule has 5 nitrogen and oxygen atoms in total. The Morgan fingerprint density at radius 1 is 1.09 bits per heavy atom. The molecule has 160 valence electrons. The number of nitrogens with two attached hydrogens (primary N) is 1. The second-order valence-electron chi connectivity index (χ2n) is 6.92. The fourth-order valence-electron chi connectivity index (χ4n) is 3.43. The Kier molecular flexibility index (Phi) is 6.33. The van der Waals surface area contributed by atoms with E-state index in [1.54, 1.807) is 30.0 Å². The Balaban J connectivity index is 1.67. The average molecular weight is 483 g/mol. The number of nitrogens with zero attached hydrogens (tertiary/aromatic N) is 1. The summed E-state index contributed by atoms with van der Waals surface area (Å²) in [6.45, 7) is 0. The van der Waals surface area contributed by atoms with E-state index < -0.39 is 5.97 Å². The first-order valence-corrected chi connectivity index (χ1v) is 11.4. The maximum atomic E-state index is 12.5. The molecule has 1 heterocycles. The normalized spacial score (nSPS) is 14.9. The summed E-state index contributed by atoms with van der Waals surface area (Å²) in [7, 11) is 0. The first-order chi connectivity index (χ1) is 15.4. The first kappa shape index (κ1) is 22.1. The summed E-state index contributed by atoms with van der Waals surface area (Å²) in [5, 5.41) is 10.3. The molecule has 0 saturated carbocycles. The van der Waals surface area contributed by atoms with Gasteiger partial charge < -0.3 is 15.2 Å². The monoisotopic (exact) mass is 482 g/mol. The summed E-state index contributed by atoms with van der Waals surface area (Å²) in [4.78, 5) is 13.6. The van der Waals surface area contributed by atoms with E-state index in [0.717, 1.165) is 16.0 Å². The number of nitriles is 1. The fraction of sp³-hybridized carbons (Fsp3) is 0.0833. The van der Waals surface area contributed by atoms with Gasteiger partial charge in [0.15, 0.2) is 0 Å². The molecule has 1 atom stereocenters.